The van der Waals surface area contributed by atoms with Gasteiger partial charge in [-0.2, -0.15) is 0 Å². The van der Waals surface area contributed by atoms with Gasteiger partial charge in [-0.3, -0.25) is 4.79 Å². The van der Waals surface area contributed by atoms with Crippen molar-refractivity contribution < 1.29 is 4.79 Å². The van der Waals surface area contributed by atoms with Gasteiger partial charge in [0.2, 0.25) is 0 Å². The van der Waals surface area contributed by atoms with Gasteiger partial charge in [0.1, 0.15) is 0 Å². The number of nitrogens with zero attached hydrogens (tertiary/aromatic N) is 2. The van der Waals surface area contributed by atoms with E-state index in [1.165, 1.54) is 11.1 Å². The molecule has 132 valence electrons. The van der Waals surface area contributed by atoms with Crippen molar-refractivity contribution >= 4 is 5.91 Å². The van der Waals surface area contributed by atoms with E-state index in [0.717, 1.165) is 51.0 Å². The summed E-state index contributed by atoms with van der Waals surface area (Å²) in [5, 5.41) is 3.35. The van der Waals surface area contributed by atoms with Crippen molar-refractivity contribution in [2.24, 2.45) is 0 Å². The molecule has 0 bridgehead atoms. The normalized spacial score (nSPS) is 21.5. The van der Waals surface area contributed by atoms with Crippen molar-refractivity contribution in [3.05, 3.63) is 34.9 Å². The van der Waals surface area contributed by atoms with Gasteiger partial charge in [-0.05, 0) is 64.3 Å². The number of carbonyl (C=O) groups is 1. The number of likely N-dealkylation sites (N-methyl/N-ethyl adjacent to an activating group) is 1. The summed E-state index contributed by atoms with van der Waals surface area (Å²) in [6.45, 7) is 10.8. The van der Waals surface area contributed by atoms with E-state index < -0.39 is 0 Å². The third kappa shape index (κ3) is 3.65. The van der Waals surface area contributed by atoms with E-state index in [0.29, 0.717) is 6.04 Å². The predicted molar refractivity (Wildman–Crippen MR) is 98.3 cm³/mol. The molecule has 4 nitrogen and oxygen atoms in total. The maximum Gasteiger partial charge on any atom is 0.251 e. The van der Waals surface area contributed by atoms with Crippen LogP contribution in [0.3, 0.4) is 0 Å². The van der Waals surface area contributed by atoms with Crippen molar-refractivity contribution in [2.45, 2.75) is 58.2 Å². The SMILES string of the molecule is CC(C)N1CCC(C)(NC(=O)c2cccc3c2CCN(C)C3)CC1. The highest BCUT2D eigenvalue weighted by atomic mass is 16.1. The zero-order valence-corrected chi connectivity index (χ0v) is 15.6. The Morgan fingerprint density at radius 2 is 1.92 bits per heavy atom. The number of likely N-dealkylation sites (tertiary alicyclic amines) is 1. The molecular formula is C20H31N3O. The molecule has 1 N–H and O–H groups in total. The molecule has 0 radical (unpaired) electrons. The van der Waals surface area contributed by atoms with Gasteiger partial charge in [0, 0.05) is 43.3 Å². The standard InChI is InChI=1S/C20H31N3O/c1-15(2)23-12-9-20(3,10-13-23)21-19(24)18-7-5-6-16-14-22(4)11-8-17(16)18/h5-7,15H,8-14H2,1-4H3,(H,21,24). The third-order valence-electron chi connectivity index (χ3n) is 5.75. The predicted octanol–water partition coefficient (Wildman–Crippen LogP) is 2.67. The number of nitrogens with one attached hydrogen (secondary N) is 1. The Morgan fingerprint density at radius 1 is 1.21 bits per heavy atom. The molecule has 1 aromatic rings. The summed E-state index contributed by atoms with van der Waals surface area (Å²) in [6.07, 6.45) is 3.01. The smallest absolute Gasteiger partial charge is 0.251 e. The van der Waals surface area contributed by atoms with Gasteiger partial charge < -0.3 is 15.1 Å². The zero-order chi connectivity index (χ0) is 17.3. The Kier molecular flexibility index (Phi) is 4.97. The largest absolute Gasteiger partial charge is 0.347 e. The molecule has 0 aliphatic carbocycles. The van der Waals surface area contributed by atoms with Crippen LogP contribution in [0.5, 0.6) is 0 Å². The van der Waals surface area contributed by atoms with Crippen LogP contribution in [-0.2, 0) is 13.0 Å². The van der Waals surface area contributed by atoms with Crippen molar-refractivity contribution in [1.29, 1.82) is 0 Å². The molecular weight excluding hydrogens is 298 g/mol. The van der Waals surface area contributed by atoms with Crippen molar-refractivity contribution in [2.75, 3.05) is 26.7 Å². The fraction of sp³-hybridized carbons (Fsp3) is 0.650. The number of hydrogen-bond donors (Lipinski definition) is 1. The molecule has 0 saturated carbocycles. The number of fused-ring (bicyclic) bond motifs is 1. The molecule has 24 heavy (non-hydrogen) atoms. The monoisotopic (exact) mass is 329 g/mol. The molecule has 2 heterocycles. The lowest BCUT2D eigenvalue weighted by molar-refractivity contribution is 0.0800. The molecule has 2 aliphatic heterocycles. The van der Waals surface area contributed by atoms with Crippen LogP contribution in [0.25, 0.3) is 0 Å². The van der Waals surface area contributed by atoms with Crippen LogP contribution in [0.4, 0.5) is 0 Å². The minimum absolute atomic E-state index is 0.0867. The summed E-state index contributed by atoms with van der Waals surface area (Å²) in [7, 11) is 2.14. The second-order valence-corrected chi connectivity index (χ2v) is 8.08. The van der Waals surface area contributed by atoms with Crippen LogP contribution in [-0.4, -0.2) is 54.0 Å². The van der Waals surface area contributed by atoms with Crippen LogP contribution in [0.1, 0.15) is 55.1 Å². The third-order valence-corrected chi connectivity index (χ3v) is 5.75. The molecule has 0 aromatic heterocycles. The fourth-order valence-corrected chi connectivity index (χ4v) is 3.96. The average Bonchev–Trinajstić information content (AvgIpc) is 2.54. The van der Waals surface area contributed by atoms with Gasteiger partial charge in [0.15, 0.2) is 0 Å². The highest BCUT2D eigenvalue weighted by molar-refractivity contribution is 5.96. The van der Waals surface area contributed by atoms with E-state index in [9.17, 15) is 4.79 Å². The summed E-state index contributed by atoms with van der Waals surface area (Å²) >= 11 is 0. The number of piperidine rings is 1. The van der Waals surface area contributed by atoms with Crippen LogP contribution in [0.2, 0.25) is 0 Å². The first kappa shape index (κ1) is 17.4. The minimum Gasteiger partial charge on any atom is -0.347 e. The lowest BCUT2D eigenvalue weighted by atomic mass is 9.87. The first-order valence-corrected chi connectivity index (χ1v) is 9.24. The number of rotatable bonds is 3. The average molecular weight is 329 g/mol. The summed E-state index contributed by atoms with van der Waals surface area (Å²) in [5.41, 5.74) is 3.34. The Morgan fingerprint density at radius 3 is 2.58 bits per heavy atom. The maximum absolute atomic E-state index is 12.9. The number of amides is 1. The van der Waals surface area contributed by atoms with Gasteiger partial charge in [-0.15, -0.1) is 0 Å². The van der Waals surface area contributed by atoms with E-state index in [1.807, 2.05) is 12.1 Å². The Hall–Kier alpha value is -1.39. The second-order valence-electron chi connectivity index (χ2n) is 8.08. The zero-order valence-electron chi connectivity index (χ0n) is 15.6. The molecule has 4 heteroatoms. The first-order valence-electron chi connectivity index (χ1n) is 9.24. The first-order chi connectivity index (χ1) is 11.4. The molecule has 0 unspecified atom stereocenters. The number of carbonyl (C=O) groups excluding carboxylic acids is 1. The fourth-order valence-electron chi connectivity index (χ4n) is 3.96. The number of benzene rings is 1. The van der Waals surface area contributed by atoms with Gasteiger partial charge in [-0.25, -0.2) is 0 Å². The van der Waals surface area contributed by atoms with Crippen molar-refractivity contribution in [3.8, 4) is 0 Å². The highest BCUT2D eigenvalue weighted by Gasteiger charge is 2.33. The molecule has 2 aliphatic rings. The summed E-state index contributed by atoms with van der Waals surface area (Å²) in [6, 6.07) is 6.76. The van der Waals surface area contributed by atoms with E-state index in [-0.39, 0.29) is 11.4 Å². The maximum atomic E-state index is 12.9. The Balaban J connectivity index is 1.71. The Bertz CT molecular complexity index is 603. The molecule has 0 spiro atoms. The second kappa shape index (κ2) is 6.85. The van der Waals surface area contributed by atoms with E-state index in [1.54, 1.807) is 0 Å². The van der Waals surface area contributed by atoms with Gasteiger partial charge in [-0.1, -0.05) is 12.1 Å². The van der Waals surface area contributed by atoms with E-state index in [4.69, 9.17) is 0 Å². The summed E-state index contributed by atoms with van der Waals surface area (Å²) < 4.78 is 0. The van der Waals surface area contributed by atoms with E-state index in [2.05, 4.69) is 49.0 Å². The van der Waals surface area contributed by atoms with Crippen LogP contribution >= 0.6 is 0 Å². The van der Waals surface area contributed by atoms with E-state index >= 15 is 0 Å². The van der Waals surface area contributed by atoms with Gasteiger partial charge in [0.05, 0.1) is 0 Å². The number of hydrogen-bond acceptors (Lipinski definition) is 3. The molecule has 1 fully saturated rings. The van der Waals surface area contributed by atoms with Crippen molar-refractivity contribution in [3.63, 3.8) is 0 Å². The van der Waals surface area contributed by atoms with Gasteiger partial charge >= 0.3 is 0 Å². The minimum atomic E-state index is -0.0867. The molecule has 0 atom stereocenters. The van der Waals surface area contributed by atoms with Crippen LogP contribution in [0.15, 0.2) is 18.2 Å². The Labute approximate surface area is 146 Å². The molecule has 1 saturated heterocycles. The van der Waals surface area contributed by atoms with Gasteiger partial charge in [0.25, 0.3) is 5.91 Å². The van der Waals surface area contributed by atoms with Crippen LogP contribution in [0, 0.1) is 0 Å². The molecule has 1 amide bonds. The van der Waals surface area contributed by atoms with Crippen molar-refractivity contribution in [1.82, 2.24) is 15.1 Å². The lowest BCUT2D eigenvalue weighted by Crippen LogP contribution is -2.54. The molecule has 1 aromatic carbocycles. The topological polar surface area (TPSA) is 35.6 Å². The lowest BCUT2D eigenvalue weighted by Gasteiger charge is -2.41. The van der Waals surface area contributed by atoms with Crippen LogP contribution < -0.4 is 5.32 Å². The summed E-state index contributed by atoms with van der Waals surface area (Å²) in [5.74, 6) is 0.108. The molecule has 3 rings (SSSR count). The quantitative estimate of drug-likeness (QED) is 0.926. The summed E-state index contributed by atoms with van der Waals surface area (Å²) in [4.78, 5) is 17.8. The highest BCUT2D eigenvalue weighted by Crippen LogP contribution is 2.26.